The molecule has 2 fully saturated rings. The van der Waals surface area contributed by atoms with Crippen LogP contribution < -0.4 is 5.32 Å². The summed E-state index contributed by atoms with van der Waals surface area (Å²) in [5, 5.41) is 3.36. The number of hydrogen-bond donors (Lipinski definition) is 1. The third-order valence-corrected chi connectivity index (χ3v) is 3.61. The van der Waals surface area contributed by atoms with Crippen LogP contribution >= 0.6 is 0 Å². The summed E-state index contributed by atoms with van der Waals surface area (Å²) in [7, 11) is 0. The molecule has 15 heavy (non-hydrogen) atoms. The highest BCUT2D eigenvalue weighted by Gasteiger charge is 2.34. The second kappa shape index (κ2) is 3.91. The minimum atomic E-state index is 0.639. The topological polar surface area (TPSA) is 28.2 Å². The van der Waals surface area contributed by atoms with E-state index in [-0.39, 0.29) is 0 Å². The van der Waals surface area contributed by atoms with Crippen molar-refractivity contribution in [1.29, 1.82) is 0 Å². The van der Waals surface area contributed by atoms with E-state index in [4.69, 9.17) is 0 Å². The molecule has 0 saturated carbocycles. The average Bonchev–Trinajstić information content (AvgIpc) is 2.65. The van der Waals surface area contributed by atoms with E-state index < -0.39 is 0 Å². The van der Waals surface area contributed by atoms with Crippen LogP contribution in [0.4, 0.5) is 0 Å². The molecular formula is C12H17N3. The van der Waals surface area contributed by atoms with Gasteiger partial charge in [0.15, 0.2) is 0 Å². The number of hydrogen-bond acceptors (Lipinski definition) is 3. The molecule has 3 heterocycles. The van der Waals surface area contributed by atoms with E-state index in [0.29, 0.717) is 6.04 Å². The standard InChI is InChI=1S/C12H17N3/c1-2-12(10-3-5-13-6-4-10)15(7-1)11-8-14-9-11/h3-6,11-12,14H,1-2,7-9H2. The molecule has 2 saturated heterocycles. The van der Waals surface area contributed by atoms with Gasteiger partial charge in [-0.1, -0.05) is 0 Å². The number of pyridine rings is 1. The Hall–Kier alpha value is -0.930. The maximum absolute atomic E-state index is 4.09. The van der Waals surface area contributed by atoms with Crippen molar-refractivity contribution in [3.05, 3.63) is 30.1 Å². The zero-order valence-corrected chi connectivity index (χ0v) is 8.89. The fourth-order valence-corrected chi connectivity index (χ4v) is 2.68. The first-order valence-corrected chi connectivity index (χ1v) is 5.81. The molecule has 3 rings (SSSR count). The van der Waals surface area contributed by atoms with E-state index in [2.05, 4.69) is 27.3 Å². The smallest absolute Gasteiger partial charge is 0.0353 e. The summed E-state index contributed by atoms with van der Waals surface area (Å²) in [4.78, 5) is 6.75. The molecule has 0 bridgehead atoms. The molecule has 3 nitrogen and oxygen atoms in total. The summed E-state index contributed by atoms with van der Waals surface area (Å²) in [6.07, 6.45) is 6.46. The highest BCUT2D eigenvalue weighted by atomic mass is 15.3. The quantitative estimate of drug-likeness (QED) is 0.782. The van der Waals surface area contributed by atoms with Gasteiger partial charge in [0.25, 0.3) is 0 Å². The molecular weight excluding hydrogens is 186 g/mol. The van der Waals surface area contributed by atoms with Crippen molar-refractivity contribution in [3.63, 3.8) is 0 Å². The van der Waals surface area contributed by atoms with Gasteiger partial charge in [-0.25, -0.2) is 0 Å². The Balaban J connectivity index is 1.79. The highest BCUT2D eigenvalue weighted by Crippen LogP contribution is 2.33. The van der Waals surface area contributed by atoms with Crippen LogP contribution in [0.25, 0.3) is 0 Å². The number of aromatic nitrogens is 1. The second-order valence-corrected chi connectivity index (χ2v) is 4.49. The fraction of sp³-hybridized carbons (Fsp3) is 0.583. The largest absolute Gasteiger partial charge is 0.314 e. The van der Waals surface area contributed by atoms with E-state index >= 15 is 0 Å². The molecule has 1 unspecified atom stereocenters. The summed E-state index contributed by atoms with van der Waals surface area (Å²) < 4.78 is 0. The summed E-state index contributed by atoms with van der Waals surface area (Å²) in [5.74, 6) is 0. The molecule has 1 atom stereocenters. The molecule has 1 aromatic heterocycles. The van der Waals surface area contributed by atoms with E-state index in [0.717, 1.165) is 6.04 Å². The Kier molecular flexibility index (Phi) is 2.43. The van der Waals surface area contributed by atoms with Crippen molar-refractivity contribution in [2.24, 2.45) is 0 Å². The van der Waals surface area contributed by atoms with E-state index in [1.54, 1.807) is 0 Å². The van der Waals surface area contributed by atoms with Crippen molar-refractivity contribution in [2.75, 3.05) is 19.6 Å². The van der Waals surface area contributed by atoms with E-state index in [1.807, 2.05) is 12.4 Å². The monoisotopic (exact) mass is 203 g/mol. The summed E-state index contributed by atoms with van der Waals surface area (Å²) in [6, 6.07) is 5.73. The third kappa shape index (κ3) is 1.66. The number of nitrogens with zero attached hydrogens (tertiary/aromatic N) is 2. The predicted octanol–water partition coefficient (Wildman–Crippen LogP) is 1.19. The van der Waals surface area contributed by atoms with Crippen LogP contribution in [0.2, 0.25) is 0 Å². The molecule has 80 valence electrons. The molecule has 0 aliphatic carbocycles. The lowest BCUT2D eigenvalue weighted by Crippen LogP contribution is -2.56. The Morgan fingerprint density at radius 3 is 2.73 bits per heavy atom. The summed E-state index contributed by atoms with van der Waals surface area (Å²) in [6.45, 7) is 3.60. The van der Waals surface area contributed by atoms with Crippen molar-refractivity contribution in [3.8, 4) is 0 Å². The van der Waals surface area contributed by atoms with Gasteiger partial charge in [0.2, 0.25) is 0 Å². The van der Waals surface area contributed by atoms with Crippen LogP contribution in [0, 0.1) is 0 Å². The summed E-state index contributed by atoms with van der Waals surface area (Å²) >= 11 is 0. The van der Waals surface area contributed by atoms with Gasteiger partial charge < -0.3 is 5.32 Å². The molecule has 2 aliphatic rings. The highest BCUT2D eigenvalue weighted by molar-refractivity contribution is 5.17. The first-order chi connectivity index (χ1) is 7.45. The number of likely N-dealkylation sites (tertiary alicyclic amines) is 1. The SMILES string of the molecule is c1cc(C2CCCN2C2CNC2)ccn1. The zero-order chi connectivity index (χ0) is 10.1. The van der Waals surface area contributed by atoms with Gasteiger partial charge in [0.1, 0.15) is 0 Å². The van der Waals surface area contributed by atoms with Gasteiger partial charge in [-0.3, -0.25) is 9.88 Å². The van der Waals surface area contributed by atoms with Crippen molar-refractivity contribution < 1.29 is 0 Å². The second-order valence-electron chi connectivity index (χ2n) is 4.49. The Bertz CT molecular complexity index is 321. The van der Waals surface area contributed by atoms with Gasteiger partial charge in [0, 0.05) is 37.6 Å². The van der Waals surface area contributed by atoms with Crippen LogP contribution in [0.3, 0.4) is 0 Å². The van der Waals surface area contributed by atoms with Crippen molar-refractivity contribution in [2.45, 2.75) is 24.9 Å². The number of nitrogens with one attached hydrogen (secondary N) is 1. The predicted molar refractivity (Wildman–Crippen MR) is 59.6 cm³/mol. The normalized spacial score (nSPS) is 27.9. The van der Waals surface area contributed by atoms with E-state index in [9.17, 15) is 0 Å². The fourth-order valence-electron chi connectivity index (χ4n) is 2.68. The van der Waals surface area contributed by atoms with Crippen LogP contribution in [-0.4, -0.2) is 35.6 Å². The van der Waals surface area contributed by atoms with Crippen LogP contribution in [0.15, 0.2) is 24.5 Å². The maximum Gasteiger partial charge on any atom is 0.0353 e. The Morgan fingerprint density at radius 2 is 2.07 bits per heavy atom. The van der Waals surface area contributed by atoms with Crippen LogP contribution in [-0.2, 0) is 0 Å². The lowest BCUT2D eigenvalue weighted by Gasteiger charge is -2.39. The van der Waals surface area contributed by atoms with E-state index in [1.165, 1.54) is 38.0 Å². The Labute approximate surface area is 90.5 Å². The molecule has 0 amide bonds. The molecule has 0 spiro atoms. The third-order valence-electron chi connectivity index (χ3n) is 3.61. The van der Waals surface area contributed by atoms with Gasteiger partial charge in [-0.15, -0.1) is 0 Å². The molecule has 0 radical (unpaired) electrons. The molecule has 2 aliphatic heterocycles. The van der Waals surface area contributed by atoms with Crippen molar-refractivity contribution in [1.82, 2.24) is 15.2 Å². The lowest BCUT2D eigenvalue weighted by molar-refractivity contribution is 0.132. The van der Waals surface area contributed by atoms with Gasteiger partial charge in [0.05, 0.1) is 0 Å². The van der Waals surface area contributed by atoms with Crippen LogP contribution in [0.1, 0.15) is 24.4 Å². The number of rotatable bonds is 2. The van der Waals surface area contributed by atoms with Gasteiger partial charge in [-0.05, 0) is 37.1 Å². The molecule has 1 aromatic rings. The minimum Gasteiger partial charge on any atom is -0.314 e. The molecule has 1 N–H and O–H groups in total. The maximum atomic E-state index is 4.09. The average molecular weight is 203 g/mol. The minimum absolute atomic E-state index is 0.639. The first-order valence-electron chi connectivity index (χ1n) is 5.81. The lowest BCUT2D eigenvalue weighted by atomic mass is 10.0. The molecule has 3 heteroatoms. The van der Waals surface area contributed by atoms with Gasteiger partial charge in [-0.2, -0.15) is 0 Å². The first kappa shape index (κ1) is 9.31. The van der Waals surface area contributed by atoms with Crippen molar-refractivity contribution >= 4 is 0 Å². The zero-order valence-electron chi connectivity index (χ0n) is 8.89. The van der Waals surface area contributed by atoms with Crippen LogP contribution in [0.5, 0.6) is 0 Å². The summed E-state index contributed by atoms with van der Waals surface area (Å²) in [5.41, 5.74) is 1.44. The Morgan fingerprint density at radius 1 is 1.27 bits per heavy atom. The molecule has 0 aromatic carbocycles. The van der Waals surface area contributed by atoms with Gasteiger partial charge >= 0.3 is 0 Å².